The molecule has 0 unspecified atom stereocenters. The maximum Gasteiger partial charge on any atom is 0.0551 e. The van der Waals surface area contributed by atoms with E-state index in [9.17, 15) is 0 Å². The van der Waals surface area contributed by atoms with Crippen LogP contribution in [0.25, 0.3) is 0 Å². The van der Waals surface area contributed by atoms with Gasteiger partial charge in [0, 0.05) is 20.1 Å². The second kappa shape index (κ2) is 5.40. The minimum absolute atomic E-state index is 0. The molecule has 0 aliphatic carbocycles. The van der Waals surface area contributed by atoms with Crippen LogP contribution in [0, 0.1) is 11.5 Å². The summed E-state index contributed by atoms with van der Waals surface area (Å²) in [5, 5.41) is 0. The molecular formula is C17H16IrN-. The largest absolute Gasteiger partial charge is 0.300 e. The Morgan fingerprint density at radius 2 is 1.79 bits per heavy atom. The molecule has 1 aliphatic rings. The first kappa shape index (κ1) is 14.2. The van der Waals surface area contributed by atoms with E-state index < -0.39 is 0 Å². The maximum absolute atomic E-state index is 4.85. The molecule has 3 rings (SSSR count). The van der Waals surface area contributed by atoms with Gasteiger partial charge >= 0.3 is 0 Å². The van der Waals surface area contributed by atoms with Gasteiger partial charge in [-0.05, 0) is 29.2 Å². The molecule has 2 heteroatoms. The molecule has 1 heterocycles. The van der Waals surface area contributed by atoms with E-state index in [0.29, 0.717) is 0 Å². The second-order valence-corrected chi connectivity index (χ2v) is 5.43. The van der Waals surface area contributed by atoms with Gasteiger partial charge in [0.2, 0.25) is 0 Å². The van der Waals surface area contributed by atoms with Crippen molar-refractivity contribution < 1.29 is 20.1 Å². The molecule has 0 N–H and O–H groups in total. The standard InChI is InChI=1S/C17H16N.Ir/c1-17(2)12-14-10-6-7-11-15(14)18-16(17)13-8-4-3-5-9-13;/h3-8,10-11H,12H2,1-2H3;/q-1;. The van der Waals surface area contributed by atoms with Crippen LogP contribution in [-0.4, -0.2) is 5.71 Å². The van der Waals surface area contributed by atoms with Crippen molar-refractivity contribution in [3.05, 3.63) is 65.7 Å². The Kier molecular flexibility index (Phi) is 4.03. The average molecular weight is 427 g/mol. The molecule has 0 saturated heterocycles. The smallest absolute Gasteiger partial charge is 0.0551 e. The molecule has 1 nitrogen and oxygen atoms in total. The van der Waals surface area contributed by atoms with Gasteiger partial charge < -0.3 is 4.99 Å². The van der Waals surface area contributed by atoms with Gasteiger partial charge in [-0.2, -0.15) is 0 Å². The van der Waals surface area contributed by atoms with Crippen LogP contribution in [0.2, 0.25) is 0 Å². The Bertz CT molecular complexity index is 600. The van der Waals surface area contributed by atoms with Crippen LogP contribution in [0.4, 0.5) is 5.69 Å². The number of hydrogen-bond acceptors (Lipinski definition) is 1. The first-order chi connectivity index (χ1) is 8.67. The third-order valence-corrected chi connectivity index (χ3v) is 3.46. The van der Waals surface area contributed by atoms with Crippen molar-refractivity contribution >= 4 is 11.4 Å². The molecule has 19 heavy (non-hydrogen) atoms. The van der Waals surface area contributed by atoms with E-state index >= 15 is 0 Å². The Morgan fingerprint density at radius 1 is 1.05 bits per heavy atom. The van der Waals surface area contributed by atoms with Crippen LogP contribution in [0.5, 0.6) is 0 Å². The number of para-hydroxylation sites is 1. The molecule has 99 valence electrons. The van der Waals surface area contributed by atoms with E-state index in [1.54, 1.807) is 0 Å². The summed E-state index contributed by atoms with van der Waals surface area (Å²) in [6, 6.07) is 19.8. The van der Waals surface area contributed by atoms with Crippen molar-refractivity contribution in [2.75, 3.05) is 0 Å². The van der Waals surface area contributed by atoms with Gasteiger partial charge in [0.25, 0.3) is 0 Å². The van der Waals surface area contributed by atoms with E-state index in [0.717, 1.165) is 23.4 Å². The van der Waals surface area contributed by atoms with Gasteiger partial charge in [0.1, 0.15) is 0 Å². The van der Waals surface area contributed by atoms with Gasteiger partial charge in [-0.1, -0.05) is 32.0 Å². The zero-order valence-corrected chi connectivity index (χ0v) is 13.5. The summed E-state index contributed by atoms with van der Waals surface area (Å²) in [4.78, 5) is 4.85. The number of benzene rings is 2. The second-order valence-electron chi connectivity index (χ2n) is 5.43. The third kappa shape index (κ3) is 2.70. The minimum Gasteiger partial charge on any atom is -0.300 e. The fraction of sp³-hybridized carbons (Fsp3) is 0.235. The molecule has 1 aliphatic heterocycles. The number of rotatable bonds is 1. The van der Waals surface area contributed by atoms with Gasteiger partial charge in [-0.3, -0.25) is 0 Å². The van der Waals surface area contributed by atoms with E-state index in [4.69, 9.17) is 4.99 Å². The Labute approximate surface area is 128 Å². The van der Waals surface area contributed by atoms with Gasteiger partial charge in [0.05, 0.1) is 5.69 Å². The fourth-order valence-electron chi connectivity index (χ4n) is 2.57. The molecule has 0 aromatic heterocycles. The minimum atomic E-state index is 0. The van der Waals surface area contributed by atoms with Crippen LogP contribution in [0.3, 0.4) is 0 Å². The number of nitrogens with zero attached hydrogens (tertiary/aromatic N) is 1. The molecule has 0 atom stereocenters. The summed E-state index contributed by atoms with van der Waals surface area (Å²) in [6.07, 6.45) is 1.03. The van der Waals surface area contributed by atoms with E-state index in [2.05, 4.69) is 44.2 Å². The zero-order valence-electron chi connectivity index (χ0n) is 11.1. The van der Waals surface area contributed by atoms with Crippen molar-refractivity contribution in [1.29, 1.82) is 0 Å². The predicted molar refractivity (Wildman–Crippen MR) is 75.4 cm³/mol. The first-order valence-electron chi connectivity index (χ1n) is 6.31. The summed E-state index contributed by atoms with van der Waals surface area (Å²) in [6.45, 7) is 4.51. The molecule has 2 aromatic rings. The summed E-state index contributed by atoms with van der Waals surface area (Å²) < 4.78 is 0. The van der Waals surface area contributed by atoms with E-state index in [1.165, 1.54) is 5.56 Å². The van der Waals surface area contributed by atoms with Crippen molar-refractivity contribution in [3.8, 4) is 0 Å². The van der Waals surface area contributed by atoms with E-state index in [-0.39, 0.29) is 25.5 Å². The topological polar surface area (TPSA) is 12.4 Å². The monoisotopic (exact) mass is 427 g/mol. The number of fused-ring (bicyclic) bond motifs is 1. The van der Waals surface area contributed by atoms with Crippen LogP contribution < -0.4 is 0 Å². The first-order valence-corrected chi connectivity index (χ1v) is 6.31. The molecule has 0 amide bonds. The van der Waals surface area contributed by atoms with Gasteiger partial charge in [0.15, 0.2) is 0 Å². The number of hydrogen-bond donors (Lipinski definition) is 0. The maximum atomic E-state index is 4.85. The van der Waals surface area contributed by atoms with Crippen molar-refractivity contribution in [1.82, 2.24) is 0 Å². The average Bonchev–Trinajstić information content (AvgIpc) is 2.38. The van der Waals surface area contributed by atoms with Crippen molar-refractivity contribution in [2.45, 2.75) is 20.3 Å². The summed E-state index contributed by atoms with van der Waals surface area (Å²) in [5.74, 6) is 0. The van der Waals surface area contributed by atoms with Crippen LogP contribution >= 0.6 is 0 Å². The molecule has 0 fully saturated rings. The summed E-state index contributed by atoms with van der Waals surface area (Å²) in [7, 11) is 0. The molecule has 1 radical (unpaired) electrons. The van der Waals surface area contributed by atoms with Crippen LogP contribution in [-0.2, 0) is 26.5 Å². The Morgan fingerprint density at radius 3 is 2.53 bits per heavy atom. The fourth-order valence-corrected chi connectivity index (χ4v) is 2.57. The zero-order chi connectivity index (χ0) is 12.6. The van der Waals surface area contributed by atoms with Crippen LogP contribution in [0.1, 0.15) is 25.0 Å². The molecule has 0 saturated carbocycles. The summed E-state index contributed by atoms with van der Waals surface area (Å²) >= 11 is 0. The van der Waals surface area contributed by atoms with Gasteiger partial charge in [-0.15, -0.1) is 35.9 Å². The van der Waals surface area contributed by atoms with Crippen LogP contribution in [0.15, 0.2) is 53.5 Å². The number of aliphatic imine (C=N–C) groups is 1. The van der Waals surface area contributed by atoms with E-state index in [1.807, 2.05) is 24.3 Å². The Balaban J connectivity index is 0.00000133. The quantitative estimate of drug-likeness (QED) is 0.607. The SMILES string of the molecule is CC1(C)Cc2ccccc2N=C1c1[c-]cccc1.[Ir]. The third-order valence-electron chi connectivity index (χ3n) is 3.46. The molecule has 0 bridgehead atoms. The predicted octanol–water partition coefficient (Wildman–Crippen LogP) is 4.19. The molecule has 0 spiro atoms. The van der Waals surface area contributed by atoms with Crippen molar-refractivity contribution in [2.24, 2.45) is 10.4 Å². The summed E-state index contributed by atoms with van der Waals surface area (Å²) in [5.41, 5.74) is 4.75. The molecular weight excluding hydrogens is 410 g/mol. The Hall–Kier alpha value is -1.24. The molecule has 2 aromatic carbocycles. The van der Waals surface area contributed by atoms with Gasteiger partial charge in [-0.25, -0.2) is 0 Å². The normalized spacial score (nSPS) is 16.0. The van der Waals surface area contributed by atoms with Crippen molar-refractivity contribution in [3.63, 3.8) is 0 Å².